The van der Waals surface area contributed by atoms with E-state index in [0.29, 0.717) is 23.3 Å². The van der Waals surface area contributed by atoms with Gasteiger partial charge in [0.25, 0.3) is 0 Å². The Labute approximate surface area is 176 Å². The van der Waals surface area contributed by atoms with Crippen LogP contribution in [0.15, 0.2) is 66.3 Å². The molecule has 0 atom stereocenters. The largest absolute Gasteiger partial charge is 0.497 e. The van der Waals surface area contributed by atoms with Crippen molar-refractivity contribution in [1.82, 2.24) is 14.8 Å². The quantitative estimate of drug-likeness (QED) is 0.334. The van der Waals surface area contributed by atoms with Crippen molar-refractivity contribution in [2.24, 2.45) is 0 Å². The number of thioether (sulfide) groups is 1. The SMILES string of the molecule is C=CCn1c(COc2cccc(C(F)(F)F)c2)nnc1SCc1cccc(OC)c1. The molecule has 1 aromatic heterocycles. The first kappa shape index (κ1) is 21.8. The van der Waals surface area contributed by atoms with Crippen LogP contribution in [0.25, 0.3) is 0 Å². The van der Waals surface area contributed by atoms with E-state index in [1.807, 2.05) is 28.8 Å². The Kier molecular flexibility index (Phi) is 7.04. The molecule has 3 rings (SSSR count). The first-order chi connectivity index (χ1) is 14.4. The molecule has 2 aromatic carbocycles. The van der Waals surface area contributed by atoms with Crippen molar-refractivity contribution in [3.05, 3.63) is 78.1 Å². The minimum absolute atomic E-state index is 0.0120. The molecule has 0 bridgehead atoms. The number of nitrogens with zero attached hydrogens (tertiary/aromatic N) is 3. The van der Waals surface area contributed by atoms with Crippen molar-refractivity contribution >= 4 is 11.8 Å². The number of aromatic nitrogens is 3. The van der Waals surface area contributed by atoms with E-state index in [-0.39, 0.29) is 12.4 Å². The number of benzene rings is 2. The molecule has 0 aliphatic rings. The van der Waals surface area contributed by atoms with Crippen LogP contribution in [0.4, 0.5) is 13.2 Å². The van der Waals surface area contributed by atoms with Gasteiger partial charge in [-0.05, 0) is 35.9 Å². The van der Waals surface area contributed by atoms with Gasteiger partial charge in [-0.3, -0.25) is 4.57 Å². The van der Waals surface area contributed by atoms with E-state index in [1.54, 1.807) is 13.2 Å². The summed E-state index contributed by atoms with van der Waals surface area (Å²) < 4.78 is 51.2. The molecule has 3 aromatic rings. The fourth-order valence-corrected chi connectivity index (χ4v) is 3.57. The first-order valence-corrected chi connectivity index (χ1v) is 9.98. The maximum atomic E-state index is 12.9. The lowest BCUT2D eigenvalue weighted by atomic mass is 10.2. The fraction of sp³-hybridized carbons (Fsp3) is 0.238. The summed E-state index contributed by atoms with van der Waals surface area (Å²) in [6.45, 7) is 4.19. The molecular weight excluding hydrogens is 415 g/mol. The molecule has 0 aliphatic heterocycles. The van der Waals surface area contributed by atoms with Crippen molar-refractivity contribution in [2.45, 2.75) is 30.2 Å². The van der Waals surface area contributed by atoms with Gasteiger partial charge in [0.15, 0.2) is 11.0 Å². The number of methoxy groups -OCH3 is 1. The predicted molar refractivity (Wildman–Crippen MR) is 109 cm³/mol. The molecule has 5 nitrogen and oxygen atoms in total. The first-order valence-electron chi connectivity index (χ1n) is 8.99. The lowest BCUT2D eigenvalue weighted by Crippen LogP contribution is -2.08. The minimum Gasteiger partial charge on any atom is -0.497 e. The molecule has 0 unspecified atom stereocenters. The number of alkyl halides is 3. The van der Waals surface area contributed by atoms with Gasteiger partial charge in [-0.25, -0.2) is 0 Å². The lowest BCUT2D eigenvalue weighted by molar-refractivity contribution is -0.137. The Balaban J connectivity index is 1.70. The summed E-state index contributed by atoms with van der Waals surface area (Å²) in [5.41, 5.74) is 0.302. The zero-order valence-corrected chi connectivity index (χ0v) is 17.0. The van der Waals surface area contributed by atoms with Gasteiger partial charge in [0.2, 0.25) is 0 Å². The van der Waals surface area contributed by atoms with E-state index >= 15 is 0 Å². The van der Waals surface area contributed by atoms with Gasteiger partial charge in [-0.2, -0.15) is 13.2 Å². The summed E-state index contributed by atoms with van der Waals surface area (Å²) in [5.74, 6) is 2.04. The molecule has 9 heteroatoms. The Morgan fingerprint density at radius 3 is 2.60 bits per heavy atom. The summed E-state index contributed by atoms with van der Waals surface area (Å²) in [6.07, 6.45) is -2.72. The summed E-state index contributed by atoms with van der Waals surface area (Å²) >= 11 is 1.49. The summed E-state index contributed by atoms with van der Waals surface area (Å²) in [6, 6.07) is 12.5. The van der Waals surface area contributed by atoms with E-state index in [9.17, 15) is 13.2 Å². The highest BCUT2D eigenvalue weighted by Gasteiger charge is 2.30. The molecule has 0 aliphatic carbocycles. The second-order valence-electron chi connectivity index (χ2n) is 6.25. The zero-order valence-electron chi connectivity index (χ0n) is 16.2. The van der Waals surface area contributed by atoms with Crippen LogP contribution in [-0.2, 0) is 25.1 Å². The van der Waals surface area contributed by atoms with Crippen molar-refractivity contribution in [2.75, 3.05) is 7.11 Å². The standard InChI is InChI=1S/C21H20F3N3O2S/c1-3-10-27-19(13-29-18-9-5-7-16(12-18)21(22,23)24)25-26-20(27)30-14-15-6-4-8-17(11-15)28-2/h3-9,11-12H,1,10,13-14H2,2H3. The second-order valence-corrected chi connectivity index (χ2v) is 7.20. The number of hydrogen-bond acceptors (Lipinski definition) is 5. The van der Waals surface area contributed by atoms with Gasteiger partial charge >= 0.3 is 6.18 Å². The molecule has 0 N–H and O–H groups in total. The minimum atomic E-state index is -4.42. The van der Waals surface area contributed by atoms with E-state index in [1.165, 1.54) is 23.9 Å². The fourth-order valence-electron chi connectivity index (χ4n) is 2.67. The van der Waals surface area contributed by atoms with Crippen molar-refractivity contribution in [3.63, 3.8) is 0 Å². The molecule has 158 valence electrons. The summed E-state index contributed by atoms with van der Waals surface area (Å²) in [4.78, 5) is 0. The molecule has 30 heavy (non-hydrogen) atoms. The monoisotopic (exact) mass is 435 g/mol. The molecule has 0 spiro atoms. The van der Waals surface area contributed by atoms with Crippen molar-refractivity contribution in [3.8, 4) is 11.5 Å². The third-order valence-electron chi connectivity index (χ3n) is 4.14. The molecule has 1 heterocycles. The Morgan fingerprint density at radius 1 is 1.10 bits per heavy atom. The molecule has 0 saturated heterocycles. The second kappa shape index (κ2) is 9.71. The number of rotatable bonds is 9. The van der Waals surface area contributed by atoms with Gasteiger partial charge in [0.1, 0.15) is 18.1 Å². The van der Waals surface area contributed by atoms with Gasteiger partial charge in [-0.15, -0.1) is 16.8 Å². The van der Waals surface area contributed by atoms with Crippen LogP contribution >= 0.6 is 11.8 Å². The van der Waals surface area contributed by atoms with Crippen LogP contribution in [0.2, 0.25) is 0 Å². The van der Waals surface area contributed by atoms with Crippen LogP contribution in [0.5, 0.6) is 11.5 Å². The molecular formula is C21H20F3N3O2S. The van der Waals surface area contributed by atoms with E-state index in [2.05, 4.69) is 16.8 Å². The van der Waals surface area contributed by atoms with Crippen molar-refractivity contribution in [1.29, 1.82) is 0 Å². The number of allylic oxidation sites excluding steroid dienone is 1. The van der Waals surface area contributed by atoms with Crippen LogP contribution in [0.1, 0.15) is 17.0 Å². The predicted octanol–water partition coefficient (Wildman–Crippen LogP) is 5.36. The highest BCUT2D eigenvalue weighted by atomic mass is 32.2. The highest BCUT2D eigenvalue weighted by molar-refractivity contribution is 7.98. The third kappa shape index (κ3) is 5.56. The van der Waals surface area contributed by atoms with E-state index < -0.39 is 11.7 Å². The van der Waals surface area contributed by atoms with Crippen LogP contribution in [-0.4, -0.2) is 21.9 Å². The summed E-state index contributed by atoms with van der Waals surface area (Å²) in [5, 5.41) is 9.00. The smallest absolute Gasteiger partial charge is 0.416 e. The average molecular weight is 435 g/mol. The summed E-state index contributed by atoms with van der Waals surface area (Å²) in [7, 11) is 1.61. The van der Waals surface area contributed by atoms with Crippen LogP contribution in [0, 0.1) is 0 Å². The zero-order chi connectivity index (χ0) is 21.6. The van der Waals surface area contributed by atoms with Crippen LogP contribution < -0.4 is 9.47 Å². The number of halogens is 3. The third-order valence-corrected chi connectivity index (χ3v) is 5.17. The Bertz CT molecular complexity index is 1010. The molecule has 0 fully saturated rings. The van der Waals surface area contributed by atoms with E-state index in [4.69, 9.17) is 9.47 Å². The number of hydrogen-bond donors (Lipinski definition) is 0. The van der Waals surface area contributed by atoms with Gasteiger partial charge in [0, 0.05) is 12.3 Å². The Hall–Kier alpha value is -2.94. The van der Waals surface area contributed by atoms with Gasteiger partial charge < -0.3 is 9.47 Å². The lowest BCUT2D eigenvalue weighted by Gasteiger charge is -2.11. The van der Waals surface area contributed by atoms with Gasteiger partial charge in [0.05, 0.1) is 12.7 Å². The van der Waals surface area contributed by atoms with Gasteiger partial charge in [-0.1, -0.05) is 36.0 Å². The maximum absolute atomic E-state index is 12.9. The van der Waals surface area contributed by atoms with E-state index in [0.717, 1.165) is 23.4 Å². The average Bonchev–Trinajstić information content (AvgIpc) is 3.12. The highest BCUT2D eigenvalue weighted by Crippen LogP contribution is 2.31. The van der Waals surface area contributed by atoms with Crippen molar-refractivity contribution < 1.29 is 22.6 Å². The molecule has 0 amide bonds. The number of ether oxygens (including phenoxy) is 2. The van der Waals surface area contributed by atoms with Crippen LogP contribution in [0.3, 0.4) is 0 Å². The molecule has 0 saturated carbocycles. The maximum Gasteiger partial charge on any atom is 0.416 e. The molecule has 0 radical (unpaired) electrons. The normalized spacial score (nSPS) is 11.3. The Morgan fingerprint density at radius 2 is 1.87 bits per heavy atom. The topological polar surface area (TPSA) is 49.2 Å².